The highest BCUT2D eigenvalue weighted by molar-refractivity contribution is 6.56. The minimum Gasteiger partial charge on any atom is -0.463 e. The molecule has 0 N–H and O–H groups in total. The van der Waals surface area contributed by atoms with Gasteiger partial charge in [-0.05, 0) is 19.3 Å². The Kier molecular flexibility index (Phi) is 6.05. The van der Waals surface area contributed by atoms with Crippen molar-refractivity contribution in [2.24, 2.45) is 5.92 Å². The molecule has 21 heavy (non-hydrogen) atoms. The first-order valence-electron chi connectivity index (χ1n) is 6.93. The molecular formula is C14H18Cl2O5. The van der Waals surface area contributed by atoms with Crippen molar-refractivity contribution in [1.82, 2.24) is 0 Å². The first-order chi connectivity index (χ1) is 10.0. The molecule has 2 aliphatic rings. The molecule has 0 saturated carbocycles. The van der Waals surface area contributed by atoms with Gasteiger partial charge in [0.2, 0.25) is 0 Å². The fourth-order valence-electron chi connectivity index (χ4n) is 2.64. The van der Waals surface area contributed by atoms with Crippen LogP contribution in [0.2, 0.25) is 0 Å². The summed E-state index contributed by atoms with van der Waals surface area (Å²) in [5, 5.41) is 0. The van der Waals surface area contributed by atoms with E-state index in [-0.39, 0.29) is 22.9 Å². The van der Waals surface area contributed by atoms with Crippen LogP contribution in [0.3, 0.4) is 0 Å². The van der Waals surface area contributed by atoms with Crippen LogP contribution in [0.1, 0.15) is 32.1 Å². The number of cyclic esters (lactones) is 1. The molecular weight excluding hydrogens is 319 g/mol. The molecule has 5 nitrogen and oxygen atoms in total. The Hall–Kier alpha value is -0.620. The molecule has 3 atom stereocenters. The van der Waals surface area contributed by atoms with E-state index in [4.69, 9.17) is 37.4 Å². The second kappa shape index (κ2) is 7.58. The van der Waals surface area contributed by atoms with Gasteiger partial charge in [-0.25, -0.2) is 0 Å². The lowest BCUT2D eigenvalue weighted by molar-refractivity contribution is -0.190. The molecule has 0 aromatic carbocycles. The van der Waals surface area contributed by atoms with E-state index in [9.17, 15) is 9.59 Å². The van der Waals surface area contributed by atoms with Gasteiger partial charge in [0.05, 0.1) is 5.92 Å². The fraction of sp³-hybridized carbons (Fsp3) is 0.714. The van der Waals surface area contributed by atoms with Crippen LogP contribution in [-0.2, 0) is 23.8 Å². The molecule has 0 aromatic heterocycles. The Morgan fingerprint density at radius 1 is 1.24 bits per heavy atom. The molecule has 0 amide bonds. The summed E-state index contributed by atoms with van der Waals surface area (Å²) in [5.41, 5.74) is 0.554. The summed E-state index contributed by atoms with van der Waals surface area (Å²) in [5.74, 6) is -0.596. The third-order valence-corrected chi connectivity index (χ3v) is 4.29. The average Bonchev–Trinajstić information content (AvgIpc) is 2.47. The predicted octanol–water partition coefficient (Wildman–Crippen LogP) is 2.74. The third-order valence-electron chi connectivity index (χ3n) is 3.80. The summed E-state index contributed by atoms with van der Waals surface area (Å²) in [6, 6.07) is 0. The Bertz CT molecular complexity index is 445. The zero-order valence-corrected chi connectivity index (χ0v) is 13.3. The molecule has 0 radical (unpaired) electrons. The highest BCUT2D eigenvalue weighted by Gasteiger charge is 2.40. The molecule has 2 saturated heterocycles. The summed E-state index contributed by atoms with van der Waals surface area (Å²) < 4.78 is 16.1. The highest BCUT2D eigenvalue weighted by atomic mass is 35.5. The minimum atomic E-state index is -0.717. The Morgan fingerprint density at radius 3 is 2.62 bits per heavy atom. The standard InChI is InChI=1S/C14H18Cl2O5/c1-19-14-9(13(15)16)6-8-10(17)4-2-3-5-12(18)20-7-11(8)21-14/h8,11,14H,2-7H2,1H3/t8-,11-,14+/m1/s1. The second-order valence-electron chi connectivity index (χ2n) is 5.19. The van der Waals surface area contributed by atoms with Gasteiger partial charge in [0.15, 0.2) is 6.29 Å². The van der Waals surface area contributed by atoms with Gasteiger partial charge in [0.25, 0.3) is 0 Å². The highest BCUT2D eigenvalue weighted by Crippen LogP contribution is 2.36. The molecule has 2 fully saturated rings. The normalized spacial score (nSPS) is 31.4. The number of rotatable bonds is 1. The molecule has 7 heteroatoms. The maximum Gasteiger partial charge on any atom is 0.305 e. The predicted molar refractivity (Wildman–Crippen MR) is 76.9 cm³/mol. The van der Waals surface area contributed by atoms with Crippen LogP contribution in [0.4, 0.5) is 0 Å². The van der Waals surface area contributed by atoms with Crippen molar-refractivity contribution in [3.63, 3.8) is 0 Å². The van der Waals surface area contributed by atoms with E-state index in [2.05, 4.69) is 0 Å². The number of hydrogen-bond acceptors (Lipinski definition) is 5. The van der Waals surface area contributed by atoms with Gasteiger partial charge in [0.1, 0.15) is 23.0 Å². The summed E-state index contributed by atoms with van der Waals surface area (Å²) >= 11 is 11.7. The molecule has 2 heterocycles. The molecule has 2 rings (SSSR count). The SMILES string of the molecule is CO[C@H]1O[C@@H]2COC(=O)CCCCC(=O)[C@H]2CC1=C(Cl)Cl. The monoisotopic (exact) mass is 336 g/mol. The Balaban J connectivity index is 2.20. The number of fused-ring (bicyclic) bond motifs is 1. The first kappa shape index (κ1) is 16.7. The number of ether oxygens (including phenoxy) is 3. The number of methoxy groups -OCH3 is 1. The van der Waals surface area contributed by atoms with Crippen molar-refractivity contribution in [3.05, 3.63) is 10.1 Å². The van der Waals surface area contributed by atoms with E-state index in [1.807, 2.05) is 0 Å². The van der Waals surface area contributed by atoms with E-state index >= 15 is 0 Å². The lowest BCUT2D eigenvalue weighted by atomic mass is 9.85. The number of esters is 1. The zero-order valence-electron chi connectivity index (χ0n) is 11.8. The third kappa shape index (κ3) is 4.19. The molecule has 118 valence electrons. The van der Waals surface area contributed by atoms with E-state index in [0.29, 0.717) is 37.7 Å². The lowest BCUT2D eigenvalue weighted by Gasteiger charge is -2.36. The zero-order chi connectivity index (χ0) is 15.4. The van der Waals surface area contributed by atoms with Gasteiger partial charge < -0.3 is 14.2 Å². The lowest BCUT2D eigenvalue weighted by Crippen LogP contribution is -2.44. The van der Waals surface area contributed by atoms with Gasteiger partial charge in [0, 0.05) is 25.5 Å². The topological polar surface area (TPSA) is 61.8 Å². The Morgan fingerprint density at radius 2 is 1.95 bits per heavy atom. The quantitative estimate of drug-likeness (QED) is 0.689. The fourth-order valence-corrected chi connectivity index (χ4v) is 2.97. The number of halogens is 2. The number of Topliss-reactive ketones (excluding diaryl/α,β-unsaturated/α-hetero) is 1. The minimum absolute atomic E-state index is 0.0439. The van der Waals surface area contributed by atoms with Gasteiger partial charge in [-0.3, -0.25) is 9.59 Å². The van der Waals surface area contributed by atoms with Crippen LogP contribution in [0.25, 0.3) is 0 Å². The van der Waals surface area contributed by atoms with E-state index in [1.165, 1.54) is 7.11 Å². The van der Waals surface area contributed by atoms with Crippen LogP contribution in [-0.4, -0.2) is 37.9 Å². The smallest absolute Gasteiger partial charge is 0.305 e. The van der Waals surface area contributed by atoms with Crippen LogP contribution in [0.5, 0.6) is 0 Å². The van der Waals surface area contributed by atoms with Crippen LogP contribution < -0.4 is 0 Å². The van der Waals surface area contributed by atoms with E-state index in [1.54, 1.807) is 0 Å². The largest absolute Gasteiger partial charge is 0.463 e. The van der Waals surface area contributed by atoms with E-state index < -0.39 is 18.3 Å². The number of hydrogen-bond donors (Lipinski definition) is 0. The van der Waals surface area contributed by atoms with Crippen molar-refractivity contribution in [2.45, 2.75) is 44.5 Å². The van der Waals surface area contributed by atoms with Crippen molar-refractivity contribution in [3.8, 4) is 0 Å². The molecule has 0 aromatic rings. The van der Waals surface area contributed by atoms with Gasteiger partial charge in [-0.2, -0.15) is 0 Å². The number of carbonyl (C=O) groups excluding carboxylic acids is 2. The second-order valence-corrected chi connectivity index (χ2v) is 6.14. The summed E-state index contributed by atoms with van der Waals surface area (Å²) in [7, 11) is 1.47. The Labute approximate surface area is 133 Å². The molecule has 0 aliphatic carbocycles. The van der Waals surface area contributed by atoms with Crippen molar-refractivity contribution in [1.29, 1.82) is 0 Å². The molecule has 2 aliphatic heterocycles. The van der Waals surface area contributed by atoms with Crippen molar-refractivity contribution < 1.29 is 23.8 Å². The molecule has 0 unspecified atom stereocenters. The number of ketones is 1. The van der Waals surface area contributed by atoms with Gasteiger partial charge >= 0.3 is 5.97 Å². The van der Waals surface area contributed by atoms with Crippen LogP contribution in [0.15, 0.2) is 10.1 Å². The van der Waals surface area contributed by atoms with Crippen molar-refractivity contribution >= 4 is 35.0 Å². The van der Waals surface area contributed by atoms with Crippen LogP contribution in [0, 0.1) is 5.92 Å². The summed E-state index contributed by atoms with van der Waals surface area (Å²) in [6.07, 6.45) is 1.19. The first-order valence-corrected chi connectivity index (χ1v) is 7.69. The van der Waals surface area contributed by atoms with Crippen LogP contribution >= 0.6 is 23.2 Å². The number of carbonyl (C=O) groups is 2. The van der Waals surface area contributed by atoms with E-state index in [0.717, 1.165) is 0 Å². The maximum absolute atomic E-state index is 12.3. The summed E-state index contributed by atoms with van der Waals surface area (Å²) in [4.78, 5) is 23.9. The van der Waals surface area contributed by atoms with Crippen molar-refractivity contribution in [2.75, 3.05) is 13.7 Å². The van der Waals surface area contributed by atoms with Gasteiger partial charge in [-0.1, -0.05) is 23.2 Å². The summed E-state index contributed by atoms with van der Waals surface area (Å²) in [6.45, 7) is 0.0439. The molecule has 0 bridgehead atoms. The average molecular weight is 337 g/mol. The molecule has 0 spiro atoms. The maximum atomic E-state index is 12.3. The van der Waals surface area contributed by atoms with Gasteiger partial charge in [-0.15, -0.1) is 0 Å².